The first kappa shape index (κ1) is 18.4. The van der Waals surface area contributed by atoms with Gasteiger partial charge in [0.25, 0.3) is 0 Å². The fourth-order valence-corrected chi connectivity index (χ4v) is 2.53. The molecule has 0 saturated carbocycles. The van der Waals surface area contributed by atoms with Gasteiger partial charge in [0.2, 0.25) is 0 Å². The van der Waals surface area contributed by atoms with Gasteiger partial charge in [-0.05, 0) is 37.5 Å². The van der Waals surface area contributed by atoms with Crippen LogP contribution in [0.15, 0.2) is 27.8 Å². The molecule has 24 heavy (non-hydrogen) atoms. The summed E-state index contributed by atoms with van der Waals surface area (Å²) in [5.74, 6) is 4.63. The number of guanidine groups is 1. The van der Waals surface area contributed by atoms with E-state index in [1.807, 2.05) is 42.4 Å². The van der Waals surface area contributed by atoms with Crippen molar-refractivity contribution in [2.45, 2.75) is 26.3 Å². The molecule has 0 saturated heterocycles. The second-order valence-electron chi connectivity index (χ2n) is 5.42. The lowest BCUT2D eigenvalue weighted by atomic mass is 10.3. The van der Waals surface area contributed by atoms with E-state index in [0.29, 0.717) is 6.54 Å². The van der Waals surface area contributed by atoms with Gasteiger partial charge < -0.3 is 19.6 Å². The monoisotopic (exact) mass is 350 g/mol. The molecule has 8 heteroatoms. The van der Waals surface area contributed by atoms with Crippen molar-refractivity contribution < 1.29 is 4.42 Å². The zero-order valence-electron chi connectivity index (χ0n) is 14.6. The van der Waals surface area contributed by atoms with Crippen LogP contribution in [0.1, 0.15) is 23.8 Å². The van der Waals surface area contributed by atoms with E-state index in [2.05, 4.69) is 32.1 Å². The lowest BCUT2D eigenvalue weighted by Crippen LogP contribution is -2.39. The van der Waals surface area contributed by atoms with Crippen molar-refractivity contribution in [2.75, 3.05) is 25.1 Å². The summed E-state index contributed by atoms with van der Waals surface area (Å²) in [4.78, 5) is 4.62. The van der Waals surface area contributed by atoms with E-state index in [4.69, 9.17) is 4.42 Å². The Kier molecular flexibility index (Phi) is 7.67. The topological polar surface area (TPSA) is 80.3 Å². The van der Waals surface area contributed by atoms with Crippen molar-refractivity contribution in [3.63, 3.8) is 0 Å². The van der Waals surface area contributed by atoms with E-state index in [1.165, 1.54) is 0 Å². The number of furan rings is 1. The number of hydrogen-bond donors (Lipinski definition) is 2. The quantitative estimate of drug-likeness (QED) is 0.407. The SMILES string of the molecule is CSCCCNC(=NCc1nnc(C)n1C)NCCc1ccco1. The maximum atomic E-state index is 5.35. The zero-order valence-corrected chi connectivity index (χ0v) is 15.4. The van der Waals surface area contributed by atoms with Gasteiger partial charge in [0.05, 0.1) is 6.26 Å². The molecule has 0 amide bonds. The molecule has 0 aliphatic rings. The molecule has 0 spiro atoms. The van der Waals surface area contributed by atoms with E-state index >= 15 is 0 Å². The second-order valence-corrected chi connectivity index (χ2v) is 6.40. The van der Waals surface area contributed by atoms with Gasteiger partial charge in [0, 0.05) is 26.6 Å². The number of nitrogens with one attached hydrogen (secondary N) is 2. The fourth-order valence-electron chi connectivity index (χ4n) is 2.10. The Morgan fingerprint density at radius 1 is 1.33 bits per heavy atom. The molecule has 2 N–H and O–H groups in total. The van der Waals surface area contributed by atoms with E-state index in [-0.39, 0.29) is 0 Å². The first-order chi connectivity index (χ1) is 11.7. The van der Waals surface area contributed by atoms with Crippen LogP contribution in [0, 0.1) is 6.92 Å². The van der Waals surface area contributed by atoms with Gasteiger partial charge in [-0.1, -0.05) is 0 Å². The van der Waals surface area contributed by atoms with Crippen molar-refractivity contribution in [3.8, 4) is 0 Å². The standard InChI is InChI=1S/C16H26N6OS/c1-13-20-21-15(22(13)2)12-19-16(17-8-5-11-24-3)18-9-7-14-6-4-10-23-14/h4,6,10H,5,7-9,11-12H2,1-3H3,(H2,17,18,19). The Balaban J connectivity index is 1.87. The summed E-state index contributed by atoms with van der Waals surface area (Å²) in [6.07, 6.45) is 5.74. The molecule has 2 aromatic heterocycles. The summed E-state index contributed by atoms with van der Waals surface area (Å²) in [5.41, 5.74) is 0. The summed E-state index contributed by atoms with van der Waals surface area (Å²) in [6.45, 7) is 4.09. The van der Waals surface area contributed by atoms with Crippen LogP contribution in [0.25, 0.3) is 0 Å². The number of nitrogens with zero attached hydrogens (tertiary/aromatic N) is 4. The van der Waals surface area contributed by atoms with Crippen LogP contribution in [-0.4, -0.2) is 45.8 Å². The lowest BCUT2D eigenvalue weighted by Gasteiger charge is -2.12. The Bertz CT molecular complexity index is 623. The molecule has 0 unspecified atom stereocenters. The maximum Gasteiger partial charge on any atom is 0.191 e. The molecular weight excluding hydrogens is 324 g/mol. The number of rotatable bonds is 9. The van der Waals surface area contributed by atoms with E-state index in [0.717, 1.165) is 55.1 Å². The molecule has 132 valence electrons. The van der Waals surface area contributed by atoms with Crippen molar-refractivity contribution in [2.24, 2.45) is 12.0 Å². The normalized spacial score (nSPS) is 11.7. The van der Waals surface area contributed by atoms with Crippen molar-refractivity contribution in [1.29, 1.82) is 0 Å². The highest BCUT2D eigenvalue weighted by molar-refractivity contribution is 7.98. The van der Waals surface area contributed by atoms with Gasteiger partial charge in [-0.2, -0.15) is 11.8 Å². The van der Waals surface area contributed by atoms with Crippen LogP contribution >= 0.6 is 11.8 Å². The van der Waals surface area contributed by atoms with Gasteiger partial charge in [-0.25, -0.2) is 4.99 Å². The Morgan fingerprint density at radius 2 is 2.17 bits per heavy atom. The summed E-state index contributed by atoms with van der Waals surface area (Å²) in [5, 5.41) is 14.9. The van der Waals surface area contributed by atoms with Crippen LogP contribution in [0.5, 0.6) is 0 Å². The van der Waals surface area contributed by atoms with E-state index in [1.54, 1.807) is 6.26 Å². The fraction of sp³-hybridized carbons (Fsp3) is 0.562. The molecule has 2 aromatic rings. The molecule has 0 radical (unpaired) electrons. The molecule has 0 aliphatic carbocycles. The van der Waals surface area contributed by atoms with Crippen LogP contribution in [-0.2, 0) is 20.0 Å². The second kappa shape index (κ2) is 10.0. The molecule has 0 aromatic carbocycles. The smallest absolute Gasteiger partial charge is 0.191 e. The van der Waals surface area contributed by atoms with Gasteiger partial charge in [-0.3, -0.25) is 0 Å². The molecule has 0 atom stereocenters. The molecule has 2 heterocycles. The number of thioether (sulfide) groups is 1. The van der Waals surface area contributed by atoms with Crippen LogP contribution < -0.4 is 10.6 Å². The van der Waals surface area contributed by atoms with Crippen LogP contribution in [0.4, 0.5) is 0 Å². The molecule has 0 aliphatic heterocycles. The third kappa shape index (κ3) is 5.92. The average Bonchev–Trinajstić information content (AvgIpc) is 3.20. The predicted octanol–water partition coefficient (Wildman–Crippen LogP) is 1.75. The minimum absolute atomic E-state index is 0.496. The number of aromatic nitrogens is 3. The minimum Gasteiger partial charge on any atom is -0.469 e. The predicted molar refractivity (Wildman–Crippen MR) is 98.3 cm³/mol. The van der Waals surface area contributed by atoms with E-state index in [9.17, 15) is 0 Å². The summed E-state index contributed by atoms with van der Waals surface area (Å²) < 4.78 is 7.31. The van der Waals surface area contributed by atoms with Crippen LogP contribution in [0.2, 0.25) is 0 Å². The van der Waals surface area contributed by atoms with Crippen molar-refractivity contribution >= 4 is 17.7 Å². The molecule has 7 nitrogen and oxygen atoms in total. The van der Waals surface area contributed by atoms with Gasteiger partial charge in [-0.15, -0.1) is 10.2 Å². The third-order valence-corrected chi connectivity index (χ3v) is 4.32. The van der Waals surface area contributed by atoms with Crippen molar-refractivity contribution in [1.82, 2.24) is 25.4 Å². The molecule has 0 fully saturated rings. The number of aryl methyl sites for hydroxylation is 1. The minimum atomic E-state index is 0.496. The Morgan fingerprint density at radius 3 is 2.83 bits per heavy atom. The number of aliphatic imine (C=N–C) groups is 1. The number of hydrogen-bond acceptors (Lipinski definition) is 5. The Labute approximate surface area is 147 Å². The van der Waals surface area contributed by atoms with Gasteiger partial charge in [0.1, 0.15) is 18.1 Å². The molecular formula is C16H26N6OS. The third-order valence-electron chi connectivity index (χ3n) is 3.62. The van der Waals surface area contributed by atoms with E-state index < -0.39 is 0 Å². The largest absolute Gasteiger partial charge is 0.469 e. The van der Waals surface area contributed by atoms with Crippen molar-refractivity contribution in [3.05, 3.63) is 35.8 Å². The summed E-state index contributed by atoms with van der Waals surface area (Å²) in [6, 6.07) is 3.88. The van der Waals surface area contributed by atoms with Crippen LogP contribution in [0.3, 0.4) is 0 Å². The highest BCUT2D eigenvalue weighted by Gasteiger charge is 2.05. The molecule has 0 bridgehead atoms. The maximum absolute atomic E-state index is 5.35. The van der Waals surface area contributed by atoms with Gasteiger partial charge >= 0.3 is 0 Å². The first-order valence-corrected chi connectivity index (χ1v) is 9.48. The zero-order chi connectivity index (χ0) is 17.2. The summed E-state index contributed by atoms with van der Waals surface area (Å²) in [7, 11) is 1.95. The molecule has 2 rings (SSSR count). The lowest BCUT2D eigenvalue weighted by molar-refractivity contribution is 0.506. The summed E-state index contributed by atoms with van der Waals surface area (Å²) >= 11 is 1.85. The Hall–Kier alpha value is -1.96. The highest BCUT2D eigenvalue weighted by Crippen LogP contribution is 2.01. The van der Waals surface area contributed by atoms with Gasteiger partial charge in [0.15, 0.2) is 11.8 Å². The first-order valence-electron chi connectivity index (χ1n) is 8.09. The highest BCUT2D eigenvalue weighted by atomic mass is 32.2. The average molecular weight is 350 g/mol.